The summed E-state index contributed by atoms with van der Waals surface area (Å²) in [5, 5.41) is 3.61. The highest BCUT2D eigenvalue weighted by molar-refractivity contribution is 6.77. The van der Waals surface area contributed by atoms with Crippen LogP contribution in [0.3, 0.4) is 0 Å². The fourth-order valence-corrected chi connectivity index (χ4v) is 13.1. The Hall–Kier alpha value is -3.43. The first-order valence-corrected chi connectivity index (χ1v) is 17.7. The molecule has 1 amide bonds. The lowest BCUT2D eigenvalue weighted by Gasteiger charge is -2.51. The number of carbonyl (C=O) groups excluding carboxylic acids is 1. The number of rotatable bonds is 11. The van der Waals surface area contributed by atoms with Crippen molar-refractivity contribution >= 4 is 25.9 Å². The molecule has 3 aromatic rings. The van der Waals surface area contributed by atoms with Gasteiger partial charge in [0, 0.05) is 20.1 Å². The summed E-state index contributed by atoms with van der Waals surface area (Å²) in [6.45, 7) is 15.6. The van der Waals surface area contributed by atoms with Gasteiger partial charge in [-0.3, -0.25) is 4.79 Å². The third-order valence-corrected chi connectivity index (χ3v) is 15.6. The maximum absolute atomic E-state index is 14.2. The molecule has 3 heterocycles. The number of fused-ring (bicyclic) bond motifs is 3. The first kappa shape index (κ1) is 31.0. The number of anilines is 2. The minimum Gasteiger partial charge on any atom is -0.497 e. The van der Waals surface area contributed by atoms with Crippen LogP contribution in [0, 0.1) is 0 Å². The van der Waals surface area contributed by atoms with Crippen molar-refractivity contribution in [3.63, 3.8) is 0 Å². The second-order valence-electron chi connectivity index (χ2n) is 12.9. The Morgan fingerprint density at radius 1 is 0.977 bits per heavy atom. The summed E-state index contributed by atoms with van der Waals surface area (Å²) < 4.78 is 12.5. The van der Waals surface area contributed by atoms with E-state index in [-0.39, 0.29) is 23.9 Å². The molecule has 43 heavy (non-hydrogen) atoms. The molecule has 230 valence electrons. The Bertz CT molecular complexity index is 1380. The number of aromatic nitrogens is 2. The molecule has 3 atom stereocenters. The average Bonchev–Trinajstić information content (AvgIpc) is 3.12. The van der Waals surface area contributed by atoms with Gasteiger partial charge in [-0.15, -0.1) is 0 Å². The lowest BCUT2D eigenvalue weighted by molar-refractivity contribution is -0.155. The molecule has 2 aliphatic rings. The standard InChI is InChI=1S/C34H47N5O3Si/c1-22(2)43(23(3)4,24(5)6)42-20-27-18-35-32-30(33(37-21-36-32)38(7)19-25-12-10-9-11-13-25)31-29(34(40)39(27)31)26-14-16-28(41-8)17-15-26/h9-17,21-24,27,29,31H,18-20H2,1-8H3,(H,35,36,37)/t27-,29-,31+/m0/s1. The van der Waals surface area contributed by atoms with Crippen LogP contribution in [-0.4, -0.2) is 62.4 Å². The maximum atomic E-state index is 14.2. The van der Waals surface area contributed by atoms with Crippen LogP contribution < -0.4 is 15.0 Å². The lowest BCUT2D eigenvalue weighted by Crippen LogP contribution is -2.61. The van der Waals surface area contributed by atoms with E-state index >= 15 is 0 Å². The summed E-state index contributed by atoms with van der Waals surface area (Å²) in [5.74, 6) is 2.16. The second-order valence-corrected chi connectivity index (χ2v) is 18.4. The van der Waals surface area contributed by atoms with Gasteiger partial charge in [-0.1, -0.05) is 84.0 Å². The number of carbonyl (C=O) groups is 1. The Labute approximate surface area is 258 Å². The third kappa shape index (κ3) is 5.65. The number of nitrogens with zero attached hydrogens (tertiary/aromatic N) is 4. The van der Waals surface area contributed by atoms with Gasteiger partial charge in [0.25, 0.3) is 0 Å². The van der Waals surface area contributed by atoms with Crippen molar-refractivity contribution in [2.45, 2.75) is 82.7 Å². The minimum absolute atomic E-state index is 0.116. The molecule has 1 N–H and O–H groups in total. The number of β-lactam (4-membered cyclic amide) rings is 1. The Kier molecular flexibility index (Phi) is 9.13. The van der Waals surface area contributed by atoms with E-state index in [1.54, 1.807) is 13.4 Å². The van der Waals surface area contributed by atoms with Crippen LogP contribution in [0.15, 0.2) is 60.9 Å². The largest absolute Gasteiger partial charge is 0.497 e. The van der Waals surface area contributed by atoms with Crippen molar-refractivity contribution in [3.05, 3.63) is 77.6 Å². The summed E-state index contributed by atoms with van der Waals surface area (Å²) in [7, 11) is 1.58. The Morgan fingerprint density at radius 3 is 2.23 bits per heavy atom. The zero-order valence-electron chi connectivity index (χ0n) is 26.9. The zero-order valence-corrected chi connectivity index (χ0v) is 27.9. The number of hydrogen-bond donors (Lipinski definition) is 1. The molecule has 1 aromatic heterocycles. The van der Waals surface area contributed by atoms with Crippen molar-refractivity contribution in [2.24, 2.45) is 0 Å². The van der Waals surface area contributed by atoms with Gasteiger partial charge >= 0.3 is 0 Å². The number of hydrogen-bond acceptors (Lipinski definition) is 7. The average molecular weight is 602 g/mol. The third-order valence-electron chi connectivity index (χ3n) is 9.53. The molecule has 9 heteroatoms. The van der Waals surface area contributed by atoms with E-state index in [0.29, 0.717) is 36.3 Å². The molecule has 0 bridgehead atoms. The van der Waals surface area contributed by atoms with E-state index in [1.807, 2.05) is 30.3 Å². The van der Waals surface area contributed by atoms with E-state index in [2.05, 4.69) is 88.0 Å². The monoisotopic (exact) mass is 601 g/mol. The summed E-state index contributed by atoms with van der Waals surface area (Å²) >= 11 is 0. The SMILES string of the molecule is COc1ccc([C@@H]2C(=O)N3[C@H](CO[Si](C(C)C)(C(C)C)C(C)C)CNc4ncnc(N(C)Cc5ccccc5)c4[C@@H]23)cc1. The highest BCUT2D eigenvalue weighted by atomic mass is 28.4. The molecule has 0 saturated carbocycles. The van der Waals surface area contributed by atoms with Crippen molar-refractivity contribution in [2.75, 3.05) is 37.5 Å². The van der Waals surface area contributed by atoms with Gasteiger partial charge in [0.15, 0.2) is 8.32 Å². The number of ether oxygens (including phenoxy) is 1. The number of nitrogens with one attached hydrogen (secondary N) is 1. The van der Waals surface area contributed by atoms with Gasteiger partial charge in [0.05, 0.1) is 37.3 Å². The normalized spacial score (nSPS) is 19.9. The maximum Gasteiger partial charge on any atom is 0.233 e. The topological polar surface area (TPSA) is 79.8 Å². The number of amides is 1. The predicted molar refractivity (Wildman–Crippen MR) is 175 cm³/mol. The highest BCUT2D eigenvalue weighted by Crippen LogP contribution is 2.53. The van der Waals surface area contributed by atoms with Crippen LogP contribution in [0.1, 0.15) is 70.2 Å². The van der Waals surface area contributed by atoms with Crippen LogP contribution in [0.5, 0.6) is 5.75 Å². The lowest BCUT2D eigenvalue weighted by atomic mass is 9.77. The van der Waals surface area contributed by atoms with E-state index in [0.717, 1.165) is 28.5 Å². The van der Waals surface area contributed by atoms with Crippen molar-refractivity contribution in [3.8, 4) is 5.75 Å². The van der Waals surface area contributed by atoms with Crippen molar-refractivity contribution < 1.29 is 14.0 Å². The van der Waals surface area contributed by atoms with E-state index in [1.165, 1.54) is 5.56 Å². The summed E-state index contributed by atoms with van der Waals surface area (Å²) in [6.07, 6.45) is 1.63. The summed E-state index contributed by atoms with van der Waals surface area (Å²) in [6, 6.07) is 17.9. The van der Waals surface area contributed by atoms with Crippen LogP contribution in [0.25, 0.3) is 0 Å². The summed E-state index contributed by atoms with van der Waals surface area (Å²) in [4.78, 5) is 27.9. The van der Waals surface area contributed by atoms with E-state index < -0.39 is 8.32 Å². The van der Waals surface area contributed by atoms with Crippen LogP contribution in [-0.2, 0) is 15.8 Å². The smallest absolute Gasteiger partial charge is 0.233 e. The first-order valence-electron chi connectivity index (χ1n) is 15.5. The quantitative estimate of drug-likeness (QED) is 0.192. The van der Waals surface area contributed by atoms with Crippen molar-refractivity contribution in [1.29, 1.82) is 0 Å². The van der Waals surface area contributed by atoms with Crippen molar-refractivity contribution in [1.82, 2.24) is 14.9 Å². The van der Waals surface area contributed by atoms with E-state index in [4.69, 9.17) is 19.1 Å². The molecular weight excluding hydrogens is 554 g/mol. The zero-order chi connectivity index (χ0) is 30.9. The highest BCUT2D eigenvalue weighted by Gasteiger charge is 2.56. The number of methoxy groups -OCH3 is 1. The Morgan fingerprint density at radius 2 is 1.63 bits per heavy atom. The van der Waals surface area contributed by atoms with Crippen LogP contribution >= 0.6 is 0 Å². The molecule has 0 radical (unpaired) electrons. The molecule has 1 fully saturated rings. The van der Waals surface area contributed by atoms with Gasteiger partial charge in [0.1, 0.15) is 23.7 Å². The van der Waals surface area contributed by atoms with Gasteiger partial charge in [-0.2, -0.15) is 0 Å². The Balaban J connectivity index is 1.54. The van der Waals surface area contributed by atoms with Crippen LogP contribution in [0.2, 0.25) is 16.6 Å². The second kappa shape index (κ2) is 12.7. The van der Waals surface area contributed by atoms with Crippen LogP contribution in [0.4, 0.5) is 11.6 Å². The molecule has 5 rings (SSSR count). The van der Waals surface area contributed by atoms with Gasteiger partial charge in [-0.05, 0) is 39.9 Å². The molecule has 2 aromatic carbocycles. The summed E-state index contributed by atoms with van der Waals surface area (Å²) in [5.41, 5.74) is 4.50. The molecule has 1 saturated heterocycles. The molecular formula is C34H47N5O3Si. The number of benzene rings is 2. The van der Waals surface area contributed by atoms with Gasteiger partial charge in [-0.25, -0.2) is 9.97 Å². The molecule has 0 aliphatic carbocycles. The predicted octanol–water partition coefficient (Wildman–Crippen LogP) is 6.77. The fraction of sp³-hybridized carbons (Fsp3) is 0.500. The van der Waals surface area contributed by atoms with Gasteiger partial charge < -0.3 is 24.3 Å². The molecule has 2 aliphatic heterocycles. The molecule has 8 nitrogen and oxygen atoms in total. The van der Waals surface area contributed by atoms with E-state index in [9.17, 15) is 4.79 Å². The minimum atomic E-state index is -2.14. The first-order chi connectivity index (χ1) is 20.6. The molecule has 0 unspecified atom stereocenters. The van der Waals surface area contributed by atoms with Gasteiger partial charge in [0.2, 0.25) is 5.91 Å². The molecule has 0 spiro atoms. The fourth-order valence-electron chi connectivity index (χ4n) is 7.59.